The number of aromatic nitrogens is 5. The first-order chi connectivity index (χ1) is 35.9. The Bertz CT molecular complexity index is 4200. The molecule has 14 aromatic rings. The standard InChI is InChI=1S/C68H49N5/c1-42-17-5-7-19-50(42)60-41-61(70-68(69-60)51-20-8-6-18-43(51)2)57-38-44(3)56(37-45(57)4)46-29-31-47(32-30-46)71-66-35-33-48(72-62-25-13-9-21-52(62)53-22-10-14-26-63(53)72)39-58(66)59-40-49(34-36-67(59)71)73-64-27-15-11-23-54(64)55-24-12-16-28-65(55)73/h5-41H,1-4H3. The average Bonchev–Trinajstić information content (AvgIpc) is 4.07. The van der Waals surface area contributed by atoms with E-state index in [9.17, 15) is 0 Å². The van der Waals surface area contributed by atoms with Crippen molar-refractivity contribution in [1.82, 2.24) is 23.7 Å². The highest BCUT2D eigenvalue weighted by Gasteiger charge is 2.21. The first-order valence-electron chi connectivity index (χ1n) is 25.2. The average molecular weight is 936 g/mol. The van der Waals surface area contributed by atoms with Crippen molar-refractivity contribution in [3.8, 4) is 62.1 Å². The Morgan fingerprint density at radius 3 is 1.12 bits per heavy atom. The molecule has 14 rings (SSSR count). The van der Waals surface area contributed by atoms with Crippen LogP contribution in [0.15, 0.2) is 224 Å². The highest BCUT2D eigenvalue weighted by Crippen LogP contribution is 2.41. The van der Waals surface area contributed by atoms with Gasteiger partial charge in [-0.25, -0.2) is 9.97 Å². The molecule has 10 aromatic carbocycles. The van der Waals surface area contributed by atoms with Crippen LogP contribution < -0.4 is 0 Å². The molecule has 0 amide bonds. The second kappa shape index (κ2) is 16.6. The predicted molar refractivity (Wildman–Crippen MR) is 306 cm³/mol. The first-order valence-corrected chi connectivity index (χ1v) is 25.2. The number of para-hydroxylation sites is 4. The van der Waals surface area contributed by atoms with Crippen molar-refractivity contribution in [3.63, 3.8) is 0 Å². The summed E-state index contributed by atoms with van der Waals surface area (Å²) >= 11 is 0. The summed E-state index contributed by atoms with van der Waals surface area (Å²) in [6.07, 6.45) is 0. The van der Waals surface area contributed by atoms with Crippen LogP contribution in [-0.4, -0.2) is 23.7 Å². The van der Waals surface area contributed by atoms with Gasteiger partial charge in [-0.3, -0.25) is 0 Å². The Labute approximate surface area is 423 Å². The topological polar surface area (TPSA) is 40.6 Å². The lowest BCUT2D eigenvalue weighted by atomic mass is 9.93. The van der Waals surface area contributed by atoms with E-state index >= 15 is 0 Å². The lowest BCUT2D eigenvalue weighted by Crippen LogP contribution is -1.99. The number of hydrogen-bond donors (Lipinski definition) is 0. The zero-order valence-electron chi connectivity index (χ0n) is 41.1. The Hall–Kier alpha value is -9.32. The van der Waals surface area contributed by atoms with Gasteiger partial charge in [0.1, 0.15) is 0 Å². The van der Waals surface area contributed by atoms with Gasteiger partial charge in [0.05, 0.1) is 44.5 Å². The van der Waals surface area contributed by atoms with Crippen LogP contribution in [0.3, 0.4) is 0 Å². The van der Waals surface area contributed by atoms with Crippen LogP contribution in [-0.2, 0) is 0 Å². The first kappa shape index (κ1) is 42.5. The van der Waals surface area contributed by atoms with Gasteiger partial charge in [-0.1, -0.05) is 140 Å². The second-order valence-corrected chi connectivity index (χ2v) is 19.6. The maximum absolute atomic E-state index is 5.26. The Morgan fingerprint density at radius 1 is 0.260 bits per heavy atom. The summed E-state index contributed by atoms with van der Waals surface area (Å²) in [6, 6.07) is 81.8. The van der Waals surface area contributed by atoms with Crippen LogP contribution in [0.4, 0.5) is 0 Å². The van der Waals surface area contributed by atoms with E-state index in [2.05, 4.69) is 266 Å². The van der Waals surface area contributed by atoms with E-state index in [1.54, 1.807) is 0 Å². The van der Waals surface area contributed by atoms with Crippen molar-refractivity contribution in [3.05, 3.63) is 247 Å². The Morgan fingerprint density at radius 2 is 0.630 bits per heavy atom. The normalized spacial score (nSPS) is 11.8. The highest BCUT2D eigenvalue weighted by molar-refractivity contribution is 6.14. The molecule has 346 valence electrons. The van der Waals surface area contributed by atoms with Crippen molar-refractivity contribution < 1.29 is 0 Å². The van der Waals surface area contributed by atoms with Crippen LogP contribution in [0.1, 0.15) is 22.3 Å². The van der Waals surface area contributed by atoms with Crippen LogP contribution in [0.2, 0.25) is 0 Å². The third-order valence-electron chi connectivity index (χ3n) is 15.2. The lowest BCUT2D eigenvalue weighted by molar-refractivity contribution is 1.16. The largest absolute Gasteiger partial charge is 0.309 e. The molecule has 0 aliphatic carbocycles. The lowest BCUT2D eigenvalue weighted by Gasteiger charge is -2.16. The Kier molecular flexibility index (Phi) is 9.70. The van der Waals surface area contributed by atoms with Gasteiger partial charge in [0, 0.05) is 66.1 Å². The van der Waals surface area contributed by atoms with E-state index in [1.807, 2.05) is 0 Å². The zero-order valence-corrected chi connectivity index (χ0v) is 41.1. The summed E-state index contributed by atoms with van der Waals surface area (Å²) in [5, 5.41) is 7.41. The summed E-state index contributed by atoms with van der Waals surface area (Å²) in [7, 11) is 0. The van der Waals surface area contributed by atoms with E-state index in [0.717, 1.165) is 73.1 Å². The van der Waals surface area contributed by atoms with Gasteiger partial charge in [-0.2, -0.15) is 0 Å². The molecule has 0 saturated carbocycles. The molecule has 4 heterocycles. The van der Waals surface area contributed by atoms with E-state index in [0.29, 0.717) is 0 Å². The number of nitrogens with zero attached hydrogens (tertiary/aromatic N) is 5. The fraction of sp³-hybridized carbons (Fsp3) is 0.0588. The highest BCUT2D eigenvalue weighted by atomic mass is 15.0. The fourth-order valence-corrected chi connectivity index (χ4v) is 11.7. The molecule has 4 aromatic heterocycles. The number of benzene rings is 10. The van der Waals surface area contributed by atoms with E-state index in [1.165, 1.54) is 76.6 Å². The molecule has 0 bridgehead atoms. The molecule has 0 fully saturated rings. The van der Waals surface area contributed by atoms with Crippen LogP contribution in [0.5, 0.6) is 0 Å². The van der Waals surface area contributed by atoms with Crippen LogP contribution in [0, 0.1) is 27.7 Å². The molecule has 0 saturated heterocycles. The SMILES string of the molecule is Cc1cc(-c2cc(-c3ccccc3C)nc(-c3ccccc3C)n2)c(C)cc1-c1ccc(-n2c3ccc(-n4c5ccccc5c5ccccc54)cc3c3cc(-n4c5ccccc5c5ccccc54)ccc32)cc1. The summed E-state index contributed by atoms with van der Waals surface area (Å²) in [4.78, 5) is 10.4. The molecule has 5 heteroatoms. The molecule has 0 unspecified atom stereocenters. The number of rotatable bonds is 7. The third-order valence-corrected chi connectivity index (χ3v) is 15.2. The summed E-state index contributed by atoms with van der Waals surface area (Å²) < 4.78 is 7.28. The van der Waals surface area contributed by atoms with Crippen LogP contribution in [0.25, 0.3) is 128 Å². The van der Waals surface area contributed by atoms with Gasteiger partial charge in [0.2, 0.25) is 0 Å². The number of hydrogen-bond acceptors (Lipinski definition) is 2. The number of fused-ring (bicyclic) bond motifs is 9. The van der Waals surface area contributed by atoms with Crippen molar-refractivity contribution in [2.24, 2.45) is 0 Å². The third kappa shape index (κ3) is 6.77. The molecular formula is C68H49N5. The van der Waals surface area contributed by atoms with Gasteiger partial charge < -0.3 is 13.7 Å². The molecule has 0 radical (unpaired) electrons. The van der Waals surface area contributed by atoms with Crippen molar-refractivity contribution >= 4 is 65.4 Å². The monoisotopic (exact) mass is 935 g/mol. The van der Waals surface area contributed by atoms with Gasteiger partial charge in [-0.15, -0.1) is 0 Å². The van der Waals surface area contributed by atoms with E-state index in [-0.39, 0.29) is 0 Å². The van der Waals surface area contributed by atoms with Crippen molar-refractivity contribution in [1.29, 1.82) is 0 Å². The molecule has 0 aliphatic heterocycles. The van der Waals surface area contributed by atoms with Gasteiger partial charge in [-0.05, 0) is 146 Å². The van der Waals surface area contributed by atoms with Crippen molar-refractivity contribution in [2.75, 3.05) is 0 Å². The molecule has 73 heavy (non-hydrogen) atoms. The molecular weight excluding hydrogens is 887 g/mol. The second-order valence-electron chi connectivity index (χ2n) is 19.6. The smallest absolute Gasteiger partial charge is 0.160 e. The Balaban J connectivity index is 0.908. The number of aryl methyl sites for hydroxylation is 4. The van der Waals surface area contributed by atoms with Gasteiger partial charge >= 0.3 is 0 Å². The minimum atomic E-state index is 0.737. The fourth-order valence-electron chi connectivity index (χ4n) is 11.7. The molecule has 0 atom stereocenters. The summed E-state index contributed by atoms with van der Waals surface area (Å²) in [6.45, 7) is 8.70. The maximum Gasteiger partial charge on any atom is 0.160 e. The quantitative estimate of drug-likeness (QED) is 0.160. The van der Waals surface area contributed by atoms with Gasteiger partial charge in [0.15, 0.2) is 5.82 Å². The molecule has 5 nitrogen and oxygen atoms in total. The zero-order chi connectivity index (χ0) is 48.9. The van der Waals surface area contributed by atoms with E-state index < -0.39 is 0 Å². The molecule has 0 aliphatic rings. The van der Waals surface area contributed by atoms with Crippen molar-refractivity contribution in [2.45, 2.75) is 27.7 Å². The maximum atomic E-state index is 5.26. The minimum absolute atomic E-state index is 0.737. The predicted octanol–water partition coefficient (Wildman–Crippen LogP) is 17.7. The molecule has 0 spiro atoms. The van der Waals surface area contributed by atoms with Gasteiger partial charge in [0.25, 0.3) is 0 Å². The summed E-state index contributed by atoms with van der Waals surface area (Å²) in [5.41, 5.74) is 22.6. The van der Waals surface area contributed by atoms with Crippen LogP contribution >= 0.6 is 0 Å². The molecule has 0 N–H and O–H groups in total. The minimum Gasteiger partial charge on any atom is -0.309 e. The van der Waals surface area contributed by atoms with E-state index in [4.69, 9.17) is 9.97 Å². The summed E-state index contributed by atoms with van der Waals surface area (Å²) in [5.74, 6) is 0.737.